The van der Waals surface area contributed by atoms with Crippen LogP contribution in [-0.4, -0.2) is 16.3 Å². The topological polar surface area (TPSA) is 48.6 Å². The predicted octanol–water partition coefficient (Wildman–Crippen LogP) is 3.22. The number of fused-ring (bicyclic) bond motifs is 3. The van der Waals surface area contributed by atoms with Crippen LogP contribution in [0.3, 0.4) is 0 Å². The highest BCUT2D eigenvalue weighted by Crippen LogP contribution is 2.29. The fourth-order valence-corrected chi connectivity index (χ4v) is 2.31. The number of hydrogen-bond acceptors (Lipinski definition) is 1. The monoisotopic (exact) mass is 262 g/mol. The van der Waals surface area contributed by atoms with Crippen molar-refractivity contribution in [3.05, 3.63) is 34.4 Å². The van der Waals surface area contributed by atoms with Crippen LogP contribution in [0.4, 0.5) is 0 Å². The number of aldehydes is 1. The molecule has 0 fully saturated rings. The molecular formula is C11H7BrN2O. The quantitative estimate of drug-likeness (QED) is 0.650. The van der Waals surface area contributed by atoms with E-state index in [2.05, 4.69) is 25.9 Å². The third-order valence-corrected chi connectivity index (χ3v) is 3.17. The molecule has 0 radical (unpaired) electrons. The number of carbonyl (C=O) groups is 1. The van der Waals surface area contributed by atoms with Gasteiger partial charge in [0.05, 0.1) is 22.2 Å². The summed E-state index contributed by atoms with van der Waals surface area (Å²) in [7, 11) is 0. The summed E-state index contributed by atoms with van der Waals surface area (Å²) >= 11 is 3.48. The minimum Gasteiger partial charge on any atom is -0.352 e. The number of benzene rings is 1. The Morgan fingerprint density at radius 1 is 1.20 bits per heavy atom. The van der Waals surface area contributed by atoms with Gasteiger partial charge in [0.2, 0.25) is 0 Å². The van der Waals surface area contributed by atoms with Crippen molar-refractivity contribution >= 4 is 44.2 Å². The fraction of sp³-hybridized carbons (Fsp3) is 0. The molecule has 0 bridgehead atoms. The van der Waals surface area contributed by atoms with E-state index >= 15 is 0 Å². The van der Waals surface area contributed by atoms with Crippen LogP contribution < -0.4 is 0 Å². The first-order chi connectivity index (χ1) is 7.29. The number of hydrogen-bond donors (Lipinski definition) is 2. The summed E-state index contributed by atoms with van der Waals surface area (Å²) < 4.78 is 1.03. The van der Waals surface area contributed by atoms with Crippen LogP contribution in [-0.2, 0) is 0 Å². The number of rotatable bonds is 1. The molecule has 2 aromatic heterocycles. The van der Waals surface area contributed by atoms with Crippen LogP contribution in [0, 0.1) is 0 Å². The standard InChI is InChI=1S/C11H7BrN2O/c12-8-3-1-2-7-10(8)14-9-4-6(5-15)13-11(7)9/h1-5,13-14H. The Morgan fingerprint density at radius 3 is 2.87 bits per heavy atom. The molecule has 15 heavy (non-hydrogen) atoms. The zero-order valence-corrected chi connectivity index (χ0v) is 9.26. The van der Waals surface area contributed by atoms with Crippen molar-refractivity contribution in [2.75, 3.05) is 0 Å². The first kappa shape index (κ1) is 8.73. The first-order valence-electron chi connectivity index (χ1n) is 4.53. The molecule has 3 rings (SSSR count). The van der Waals surface area contributed by atoms with Crippen LogP contribution in [0.2, 0.25) is 0 Å². The van der Waals surface area contributed by atoms with Gasteiger partial charge < -0.3 is 9.97 Å². The van der Waals surface area contributed by atoms with Gasteiger partial charge in [-0.05, 0) is 28.1 Å². The number of halogens is 1. The van der Waals surface area contributed by atoms with E-state index in [1.807, 2.05) is 24.3 Å². The molecule has 0 saturated heterocycles. The molecule has 0 spiro atoms. The lowest BCUT2D eigenvalue weighted by molar-refractivity contribution is 0.112. The average Bonchev–Trinajstić information content (AvgIpc) is 2.76. The average molecular weight is 263 g/mol. The molecule has 0 unspecified atom stereocenters. The van der Waals surface area contributed by atoms with Crippen molar-refractivity contribution in [2.45, 2.75) is 0 Å². The minimum absolute atomic E-state index is 0.595. The van der Waals surface area contributed by atoms with E-state index in [1.54, 1.807) is 0 Å². The van der Waals surface area contributed by atoms with E-state index in [0.29, 0.717) is 5.69 Å². The van der Waals surface area contributed by atoms with E-state index in [4.69, 9.17) is 0 Å². The van der Waals surface area contributed by atoms with E-state index in [9.17, 15) is 4.79 Å². The summed E-state index contributed by atoms with van der Waals surface area (Å²) in [6, 6.07) is 7.79. The maximum absolute atomic E-state index is 10.6. The third kappa shape index (κ3) is 1.15. The lowest BCUT2D eigenvalue weighted by Gasteiger charge is -1.92. The highest BCUT2D eigenvalue weighted by molar-refractivity contribution is 9.10. The summed E-state index contributed by atoms with van der Waals surface area (Å²) in [5, 5.41) is 1.09. The predicted molar refractivity (Wildman–Crippen MR) is 63.2 cm³/mol. The Morgan fingerprint density at radius 2 is 2.07 bits per heavy atom. The van der Waals surface area contributed by atoms with Gasteiger partial charge in [-0.2, -0.15) is 0 Å². The second kappa shape index (κ2) is 2.97. The molecular weight excluding hydrogens is 256 g/mol. The van der Waals surface area contributed by atoms with Gasteiger partial charge >= 0.3 is 0 Å². The van der Waals surface area contributed by atoms with Crippen molar-refractivity contribution in [3.8, 4) is 0 Å². The van der Waals surface area contributed by atoms with E-state index in [1.165, 1.54) is 0 Å². The lowest BCUT2D eigenvalue weighted by Crippen LogP contribution is -1.77. The van der Waals surface area contributed by atoms with Crippen LogP contribution in [0.25, 0.3) is 21.9 Å². The van der Waals surface area contributed by atoms with Gasteiger partial charge in [0.1, 0.15) is 0 Å². The Balaban J connectivity index is 2.50. The molecule has 0 aliphatic rings. The van der Waals surface area contributed by atoms with Crippen molar-refractivity contribution in [1.29, 1.82) is 0 Å². The maximum atomic E-state index is 10.6. The van der Waals surface area contributed by atoms with Gasteiger partial charge in [-0.3, -0.25) is 4.79 Å². The molecule has 74 valence electrons. The molecule has 0 saturated carbocycles. The summed E-state index contributed by atoms with van der Waals surface area (Å²) in [5.74, 6) is 0. The number of H-pyrrole nitrogens is 2. The summed E-state index contributed by atoms with van der Waals surface area (Å²) in [4.78, 5) is 17.0. The molecule has 3 nitrogen and oxygen atoms in total. The molecule has 2 heterocycles. The molecule has 3 aromatic rings. The molecule has 0 atom stereocenters. The lowest BCUT2D eigenvalue weighted by atomic mass is 10.2. The molecule has 0 aliphatic carbocycles. The molecule has 4 heteroatoms. The number of carbonyl (C=O) groups excluding carboxylic acids is 1. The zero-order valence-electron chi connectivity index (χ0n) is 7.67. The molecule has 0 aliphatic heterocycles. The largest absolute Gasteiger partial charge is 0.352 e. The SMILES string of the molecule is O=Cc1cc2[nH]c3c(Br)cccc3c2[nH]1. The smallest absolute Gasteiger partial charge is 0.166 e. The van der Waals surface area contributed by atoms with Crippen LogP contribution in [0.1, 0.15) is 10.5 Å². The third-order valence-electron chi connectivity index (χ3n) is 2.51. The van der Waals surface area contributed by atoms with Crippen molar-refractivity contribution in [3.63, 3.8) is 0 Å². The van der Waals surface area contributed by atoms with Gasteiger partial charge in [0, 0.05) is 9.86 Å². The highest BCUT2D eigenvalue weighted by Gasteiger charge is 2.08. The van der Waals surface area contributed by atoms with E-state index in [-0.39, 0.29) is 0 Å². The van der Waals surface area contributed by atoms with Gasteiger partial charge in [0.25, 0.3) is 0 Å². The second-order valence-electron chi connectivity index (χ2n) is 3.42. The van der Waals surface area contributed by atoms with Crippen molar-refractivity contribution < 1.29 is 4.79 Å². The highest BCUT2D eigenvalue weighted by atomic mass is 79.9. The Kier molecular flexibility index (Phi) is 1.73. The Labute approximate surface area is 93.6 Å². The molecule has 1 aromatic carbocycles. The van der Waals surface area contributed by atoms with Gasteiger partial charge in [0.15, 0.2) is 6.29 Å². The van der Waals surface area contributed by atoms with Crippen LogP contribution in [0.5, 0.6) is 0 Å². The van der Waals surface area contributed by atoms with Crippen LogP contribution >= 0.6 is 15.9 Å². The number of aromatic nitrogens is 2. The number of aromatic amines is 2. The first-order valence-corrected chi connectivity index (χ1v) is 5.33. The maximum Gasteiger partial charge on any atom is 0.166 e. The van der Waals surface area contributed by atoms with Gasteiger partial charge in [-0.15, -0.1) is 0 Å². The van der Waals surface area contributed by atoms with E-state index in [0.717, 1.165) is 32.7 Å². The number of nitrogens with one attached hydrogen (secondary N) is 2. The molecule has 0 amide bonds. The fourth-order valence-electron chi connectivity index (χ4n) is 1.84. The zero-order chi connectivity index (χ0) is 10.4. The van der Waals surface area contributed by atoms with Crippen LogP contribution in [0.15, 0.2) is 28.7 Å². The van der Waals surface area contributed by atoms with E-state index < -0.39 is 0 Å². The Hall–Kier alpha value is -1.55. The van der Waals surface area contributed by atoms with Gasteiger partial charge in [-0.25, -0.2) is 0 Å². The van der Waals surface area contributed by atoms with Crippen molar-refractivity contribution in [1.82, 2.24) is 9.97 Å². The summed E-state index contributed by atoms with van der Waals surface area (Å²) in [6.45, 7) is 0. The second-order valence-corrected chi connectivity index (χ2v) is 4.27. The van der Waals surface area contributed by atoms with Gasteiger partial charge in [-0.1, -0.05) is 12.1 Å². The summed E-state index contributed by atoms with van der Waals surface area (Å²) in [5.41, 5.74) is 3.58. The number of para-hydroxylation sites is 1. The summed E-state index contributed by atoms with van der Waals surface area (Å²) in [6.07, 6.45) is 0.817. The minimum atomic E-state index is 0.595. The molecule has 2 N–H and O–H groups in total. The Bertz CT molecular complexity index is 666. The van der Waals surface area contributed by atoms with Crippen molar-refractivity contribution in [2.24, 2.45) is 0 Å². The normalized spacial score (nSPS) is 11.3.